The van der Waals surface area contributed by atoms with Crippen molar-refractivity contribution in [1.82, 2.24) is 4.90 Å². The van der Waals surface area contributed by atoms with Crippen LogP contribution in [-0.4, -0.2) is 49.8 Å². The number of carbonyl (C=O) groups is 1. The van der Waals surface area contributed by atoms with Crippen LogP contribution in [0.15, 0.2) is 18.2 Å². The maximum absolute atomic E-state index is 12.2. The molecule has 0 spiro atoms. The third kappa shape index (κ3) is 2.59. The van der Waals surface area contributed by atoms with Crippen LogP contribution in [0.25, 0.3) is 0 Å². The van der Waals surface area contributed by atoms with Crippen molar-refractivity contribution in [1.29, 1.82) is 5.26 Å². The molecular weight excluding hydrogens is 260 g/mol. The lowest BCUT2D eigenvalue weighted by Crippen LogP contribution is -2.44. The van der Waals surface area contributed by atoms with Gasteiger partial charge in [0.1, 0.15) is 0 Å². The number of morpholine rings is 1. The zero-order chi connectivity index (χ0) is 13.9. The van der Waals surface area contributed by atoms with Gasteiger partial charge in [0.05, 0.1) is 19.2 Å². The summed E-state index contributed by atoms with van der Waals surface area (Å²) in [6.45, 7) is 2.08. The minimum absolute atomic E-state index is 0.00175. The van der Waals surface area contributed by atoms with E-state index < -0.39 is 6.10 Å². The summed E-state index contributed by atoms with van der Waals surface area (Å²) in [5.41, 5.74) is 0.592. The molecule has 0 amide bonds. The van der Waals surface area contributed by atoms with Gasteiger partial charge >= 0.3 is 0 Å². The first-order valence-corrected chi connectivity index (χ1v) is 6.42. The highest BCUT2D eigenvalue weighted by atomic mass is 16.7. The highest BCUT2D eigenvalue weighted by molar-refractivity contribution is 5.98. The van der Waals surface area contributed by atoms with E-state index in [1.54, 1.807) is 18.2 Å². The van der Waals surface area contributed by atoms with E-state index in [4.69, 9.17) is 19.5 Å². The van der Waals surface area contributed by atoms with E-state index in [1.807, 2.05) is 4.90 Å². The van der Waals surface area contributed by atoms with Gasteiger partial charge in [0, 0.05) is 18.7 Å². The van der Waals surface area contributed by atoms with Gasteiger partial charge in [-0.1, -0.05) is 0 Å². The minimum Gasteiger partial charge on any atom is -0.454 e. The van der Waals surface area contributed by atoms with Crippen LogP contribution in [0.3, 0.4) is 0 Å². The van der Waals surface area contributed by atoms with Crippen LogP contribution in [0.1, 0.15) is 10.4 Å². The van der Waals surface area contributed by atoms with E-state index in [0.29, 0.717) is 36.8 Å². The molecule has 20 heavy (non-hydrogen) atoms. The fourth-order valence-electron chi connectivity index (χ4n) is 2.29. The molecule has 2 heterocycles. The zero-order valence-corrected chi connectivity index (χ0v) is 10.9. The molecule has 104 valence electrons. The second-order valence-electron chi connectivity index (χ2n) is 4.71. The van der Waals surface area contributed by atoms with Crippen molar-refractivity contribution in [3.63, 3.8) is 0 Å². The number of fused-ring (bicyclic) bond motifs is 1. The monoisotopic (exact) mass is 274 g/mol. The Morgan fingerprint density at radius 3 is 3.10 bits per heavy atom. The fraction of sp³-hybridized carbons (Fsp3) is 0.429. The Balaban J connectivity index is 1.66. The van der Waals surface area contributed by atoms with Crippen molar-refractivity contribution >= 4 is 5.78 Å². The van der Waals surface area contributed by atoms with E-state index in [1.165, 1.54) is 0 Å². The van der Waals surface area contributed by atoms with Gasteiger partial charge in [-0.05, 0) is 18.2 Å². The minimum atomic E-state index is -0.451. The predicted octanol–water partition coefficient (Wildman–Crippen LogP) is 0.822. The SMILES string of the molecule is N#CC1CN(CC(=O)c2ccc3c(c2)OCO3)CCO1. The summed E-state index contributed by atoms with van der Waals surface area (Å²) < 4.78 is 15.7. The maximum atomic E-state index is 12.2. The summed E-state index contributed by atoms with van der Waals surface area (Å²) in [5, 5.41) is 8.85. The Morgan fingerprint density at radius 1 is 1.40 bits per heavy atom. The van der Waals surface area contributed by atoms with Gasteiger partial charge < -0.3 is 14.2 Å². The molecule has 1 aromatic rings. The Morgan fingerprint density at radius 2 is 2.25 bits per heavy atom. The summed E-state index contributed by atoms with van der Waals surface area (Å²) in [7, 11) is 0. The Labute approximate surface area is 116 Å². The molecule has 1 aromatic carbocycles. The number of nitriles is 1. The van der Waals surface area contributed by atoms with Crippen molar-refractivity contribution in [2.45, 2.75) is 6.10 Å². The van der Waals surface area contributed by atoms with E-state index in [9.17, 15) is 4.79 Å². The normalized spacial score (nSPS) is 21.4. The van der Waals surface area contributed by atoms with Gasteiger partial charge in [-0.15, -0.1) is 0 Å². The number of carbonyl (C=O) groups excluding carboxylic acids is 1. The molecule has 0 aliphatic carbocycles. The molecular formula is C14H14N2O4. The highest BCUT2D eigenvalue weighted by Gasteiger charge is 2.23. The lowest BCUT2D eigenvalue weighted by atomic mass is 10.1. The lowest BCUT2D eigenvalue weighted by molar-refractivity contribution is 0.00241. The van der Waals surface area contributed by atoms with Crippen LogP contribution in [0.5, 0.6) is 11.5 Å². The molecule has 2 aliphatic heterocycles. The molecule has 0 aromatic heterocycles. The number of benzene rings is 1. The van der Waals surface area contributed by atoms with Crippen molar-refractivity contribution in [3.8, 4) is 17.6 Å². The van der Waals surface area contributed by atoms with Gasteiger partial charge in [-0.2, -0.15) is 5.26 Å². The topological polar surface area (TPSA) is 71.8 Å². The smallest absolute Gasteiger partial charge is 0.231 e. The Bertz CT molecular complexity index is 567. The van der Waals surface area contributed by atoms with Crippen LogP contribution < -0.4 is 9.47 Å². The summed E-state index contributed by atoms with van der Waals surface area (Å²) in [6, 6.07) is 7.25. The van der Waals surface area contributed by atoms with Crippen LogP contribution >= 0.6 is 0 Å². The molecule has 6 heteroatoms. The molecule has 2 aliphatic rings. The van der Waals surface area contributed by atoms with Crippen molar-refractivity contribution in [2.24, 2.45) is 0 Å². The van der Waals surface area contributed by atoms with Gasteiger partial charge in [0.2, 0.25) is 6.79 Å². The summed E-state index contributed by atoms with van der Waals surface area (Å²) in [5.74, 6) is 1.27. The quantitative estimate of drug-likeness (QED) is 0.760. The number of nitrogens with zero attached hydrogens (tertiary/aromatic N) is 2. The average molecular weight is 274 g/mol. The van der Waals surface area contributed by atoms with Gasteiger partial charge in [-0.3, -0.25) is 9.69 Å². The van der Waals surface area contributed by atoms with E-state index in [-0.39, 0.29) is 19.1 Å². The third-order valence-corrected chi connectivity index (χ3v) is 3.36. The second kappa shape index (κ2) is 5.49. The van der Waals surface area contributed by atoms with Crippen molar-refractivity contribution < 1.29 is 19.0 Å². The molecule has 3 rings (SSSR count). The Kier molecular flexibility index (Phi) is 3.54. The summed E-state index contributed by atoms with van der Waals surface area (Å²) in [4.78, 5) is 14.2. The highest BCUT2D eigenvalue weighted by Crippen LogP contribution is 2.32. The van der Waals surface area contributed by atoms with E-state index in [0.717, 1.165) is 0 Å². The molecule has 0 N–H and O–H groups in total. The number of hydrogen-bond acceptors (Lipinski definition) is 6. The lowest BCUT2D eigenvalue weighted by Gasteiger charge is -2.28. The molecule has 6 nitrogen and oxygen atoms in total. The second-order valence-corrected chi connectivity index (χ2v) is 4.71. The maximum Gasteiger partial charge on any atom is 0.231 e. The molecule has 1 fully saturated rings. The zero-order valence-electron chi connectivity index (χ0n) is 10.9. The van der Waals surface area contributed by atoms with Crippen molar-refractivity contribution in [2.75, 3.05) is 33.0 Å². The van der Waals surface area contributed by atoms with E-state index in [2.05, 4.69) is 6.07 Å². The first-order valence-electron chi connectivity index (χ1n) is 6.42. The van der Waals surface area contributed by atoms with E-state index >= 15 is 0 Å². The van der Waals surface area contributed by atoms with Crippen molar-refractivity contribution in [3.05, 3.63) is 23.8 Å². The van der Waals surface area contributed by atoms with Crippen LogP contribution in [0.4, 0.5) is 0 Å². The number of hydrogen-bond donors (Lipinski definition) is 0. The molecule has 1 unspecified atom stereocenters. The van der Waals surface area contributed by atoms with Gasteiger partial charge in [-0.25, -0.2) is 0 Å². The number of ether oxygens (including phenoxy) is 3. The first-order chi connectivity index (χ1) is 9.76. The largest absolute Gasteiger partial charge is 0.454 e. The standard InChI is InChI=1S/C14H14N2O4/c15-6-11-7-16(3-4-18-11)8-12(17)10-1-2-13-14(5-10)20-9-19-13/h1-2,5,11H,3-4,7-9H2. The molecule has 1 saturated heterocycles. The molecule has 0 bridgehead atoms. The number of Topliss-reactive ketones (excluding diaryl/α,β-unsaturated/α-hetero) is 1. The van der Waals surface area contributed by atoms with Gasteiger partial charge in [0.15, 0.2) is 23.4 Å². The Hall–Kier alpha value is -2.10. The first kappa shape index (κ1) is 12.9. The fourth-order valence-corrected chi connectivity index (χ4v) is 2.29. The molecule has 0 saturated carbocycles. The molecule has 1 atom stereocenters. The number of ketones is 1. The predicted molar refractivity (Wildman–Crippen MR) is 68.7 cm³/mol. The third-order valence-electron chi connectivity index (χ3n) is 3.36. The average Bonchev–Trinajstić information content (AvgIpc) is 2.94. The van der Waals surface area contributed by atoms with Crippen LogP contribution in [-0.2, 0) is 4.74 Å². The molecule has 0 radical (unpaired) electrons. The number of rotatable bonds is 3. The van der Waals surface area contributed by atoms with Gasteiger partial charge in [0.25, 0.3) is 0 Å². The van der Waals surface area contributed by atoms with Crippen LogP contribution in [0, 0.1) is 11.3 Å². The summed E-state index contributed by atoms with van der Waals surface area (Å²) >= 11 is 0. The van der Waals surface area contributed by atoms with Crippen LogP contribution in [0.2, 0.25) is 0 Å². The summed E-state index contributed by atoms with van der Waals surface area (Å²) in [6.07, 6.45) is -0.451.